The maximum Gasteiger partial charge on any atom is 0.244 e. The van der Waals surface area contributed by atoms with Crippen LogP contribution in [0.25, 0.3) is 0 Å². The number of hydrogen-bond acceptors (Lipinski definition) is 5. The number of rotatable bonds is 6. The molecule has 0 unspecified atom stereocenters. The second-order valence-electron chi connectivity index (χ2n) is 8.14. The topological polar surface area (TPSA) is 66.4 Å². The Morgan fingerprint density at radius 2 is 1.56 bits per heavy atom. The van der Waals surface area contributed by atoms with Crippen molar-refractivity contribution in [2.24, 2.45) is 0 Å². The lowest BCUT2D eigenvalue weighted by Crippen LogP contribution is -2.49. The Labute approximate surface area is 215 Å². The molecule has 0 amide bonds. The molecule has 0 saturated carbocycles. The molecular weight excluding hydrogens is 515 g/mol. The van der Waals surface area contributed by atoms with Crippen LogP contribution in [0.1, 0.15) is 29.6 Å². The summed E-state index contributed by atoms with van der Waals surface area (Å²) in [5.41, 5.74) is 3.17. The molecule has 0 radical (unpaired) electrons. The van der Waals surface area contributed by atoms with Gasteiger partial charge in [-0.1, -0.05) is 53.9 Å². The van der Waals surface area contributed by atoms with E-state index in [4.69, 9.17) is 39.8 Å². The van der Waals surface area contributed by atoms with E-state index in [1.807, 2.05) is 31.2 Å². The summed E-state index contributed by atoms with van der Waals surface area (Å²) in [6.07, 6.45) is 1.45. The molecule has 6 nitrogen and oxygen atoms in total. The predicted octanol–water partition coefficient (Wildman–Crippen LogP) is 5.41. The average Bonchev–Trinajstić information content (AvgIpc) is 2.82. The smallest absolute Gasteiger partial charge is 0.244 e. The van der Waals surface area contributed by atoms with E-state index in [0.717, 1.165) is 29.1 Å². The van der Waals surface area contributed by atoms with Crippen molar-refractivity contribution in [2.75, 3.05) is 31.1 Å². The highest BCUT2D eigenvalue weighted by Gasteiger charge is 2.31. The lowest BCUT2D eigenvalue weighted by Gasteiger charge is -2.36. The Kier molecular flexibility index (Phi) is 7.69. The number of piperazine rings is 1. The van der Waals surface area contributed by atoms with Gasteiger partial charge in [0, 0.05) is 53.9 Å². The predicted molar refractivity (Wildman–Crippen MR) is 138 cm³/mol. The second kappa shape index (κ2) is 10.4. The summed E-state index contributed by atoms with van der Waals surface area (Å²) >= 11 is 18.3. The van der Waals surface area contributed by atoms with E-state index < -0.39 is 10.0 Å². The number of nitrogens with zero attached hydrogens (tertiary/aromatic N) is 4. The minimum atomic E-state index is -3.76. The highest BCUT2D eigenvalue weighted by Crippen LogP contribution is 2.30. The van der Waals surface area contributed by atoms with Crippen molar-refractivity contribution < 1.29 is 8.42 Å². The molecule has 3 aromatic rings. The van der Waals surface area contributed by atoms with Crippen molar-refractivity contribution in [3.05, 3.63) is 80.2 Å². The zero-order chi connectivity index (χ0) is 24.5. The van der Waals surface area contributed by atoms with Crippen molar-refractivity contribution >= 4 is 50.6 Å². The zero-order valence-corrected chi connectivity index (χ0v) is 22.0. The van der Waals surface area contributed by atoms with E-state index in [2.05, 4.69) is 16.8 Å². The maximum atomic E-state index is 13.2. The first-order valence-corrected chi connectivity index (χ1v) is 13.6. The Balaban J connectivity index is 1.60. The minimum absolute atomic E-state index is 0.0321. The van der Waals surface area contributed by atoms with Gasteiger partial charge in [0.2, 0.25) is 10.0 Å². The number of hydrogen-bond donors (Lipinski definition) is 0. The zero-order valence-electron chi connectivity index (χ0n) is 18.9. The molecule has 1 aromatic heterocycles. The fraction of sp³-hybridized carbons (Fsp3) is 0.333. The first-order valence-electron chi connectivity index (χ1n) is 11.0. The van der Waals surface area contributed by atoms with Gasteiger partial charge in [0.1, 0.15) is 16.5 Å². The van der Waals surface area contributed by atoms with Gasteiger partial charge in [-0.15, -0.1) is 0 Å². The minimum Gasteiger partial charge on any atom is -0.354 e. The molecule has 34 heavy (non-hydrogen) atoms. The summed E-state index contributed by atoms with van der Waals surface area (Å²) in [6, 6.07) is 12.2. The first-order chi connectivity index (χ1) is 16.2. The third-order valence-electron chi connectivity index (χ3n) is 5.86. The molecule has 0 bridgehead atoms. The molecule has 1 saturated heterocycles. The highest BCUT2D eigenvalue weighted by molar-refractivity contribution is 7.89. The lowest BCUT2D eigenvalue weighted by molar-refractivity contribution is 0.383. The molecular formula is C24H25Cl3N4O2S. The second-order valence-corrected chi connectivity index (χ2v) is 11.3. The molecule has 2 aromatic carbocycles. The van der Waals surface area contributed by atoms with Crippen LogP contribution in [0.15, 0.2) is 47.4 Å². The summed E-state index contributed by atoms with van der Waals surface area (Å²) in [5.74, 6) is 1.56. The van der Waals surface area contributed by atoms with E-state index >= 15 is 0 Å². The Bertz CT molecular complexity index is 1290. The molecule has 2 heterocycles. The van der Waals surface area contributed by atoms with Crippen molar-refractivity contribution in [1.82, 2.24) is 14.3 Å². The Morgan fingerprint density at radius 1 is 0.912 bits per heavy atom. The quantitative estimate of drug-likeness (QED) is 0.419. The molecule has 0 atom stereocenters. The Hall–Kier alpha value is -1.90. The maximum absolute atomic E-state index is 13.2. The highest BCUT2D eigenvalue weighted by atomic mass is 35.5. The van der Waals surface area contributed by atoms with Gasteiger partial charge >= 0.3 is 0 Å². The summed E-state index contributed by atoms with van der Waals surface area (Å²) in [6.45, 7) is 5.61. The standard InChI is InChI=1S/C24H25Cl3N4O2S/c1-3-22-20(14-17-4-6-18(25)7-5-17)24(29-16(2)28-22)30-10-12-31(13-11-30)34(32,33)23-15-19(26)8-9-21(23)27/h4-9,15H,3,10-14H2,1-2H3. The fourth-order valence-electron chi connectivity index (χ4n) is 4.13. The number of benzene rings is 2. The van der Waals surface area contributed by atoms with Crippen LogP contribution >= 0.6 is 34.8 Å². The fourth-order valence-corrected chi connectivity index (χ4v) is 6.42. The average molecular weight is 540 g/mol. The van der Waals surface area contributed by atoms with Crippen molar-refractivity contribution in [2.45, 2.75) is 31.6 Å². The molecule has 1 aliphatic heterocycles. The van der Waals surface area contributed by atoms with Gasteiger partial charge < -0.3 is 4.90 Å². The molecule has 4 rings (SSSR count). The van der Waals surface area contributed by atoms with E-state index in [0.29, 0.717) is 48.5 Å². The van der Waals surface area contributed by atoms with E-state index in [1.54, 1.807) is 6.07 Å². The summed E-state index contributed by atoms with van der Waals surface area (Å²) in [4.78, 5) is 11.6. The van der Waals surface area contributed by atoms with Gasteiger partial charge in [-0.05, 0) is 49.2 Å². The van der Waals surface area contributed by atoms with Gasteiger partial charge in [0.15, 0.2) is 0 Å². The van der Waals surface area contributed by atoms with Gasteiger partial charge in [-0.2, -0.15) is 4.31 Å². The molecule has 0 aliphatic carbocycles. The normalized spacial score (nSPS) is 15.0. The van der Waals surface area contributed by atoms with Gasteiger partial charge in [0.25, 0.3) is 0 Å². The van der Waals surface area contributed by atoms with Crippen LogP contribution in [-0.2, 0) is 22.9 Å². The van der Waals surface area contributed by atoms with Crippen molar-refractivity contribution in [3.8, 4) is 0 Å². The number of anilines is 1. The van der Waals surface area contributed by atoms with Gasteiger partial charge in [0.05, 0.1) is 5.02 Å². The third-order valence-corrected chi connectivity index (χ3v) is 8.73. The molecule has 1 fully saturated rings. The van der Waals surface area contributed by atoms with Crippen LogP contribution < -0.4 is 4.90 Å². The molecule has 0 spiro atoms. The van der Waals surface area contributed by atoms with Crippen LogP contribution in [-0.4, -0.2) is 48.9 Å². The number of sulfonamides is 1. The summed E-state index contributed by atoms with van der Waals surface area (Å²) < 4.78 is 27.9. The van der Waals surface area contributed by atoms with E-state index in [-0.39, 0.29) is 9.92 Å². The molecule has 0 N–H and O–H groups in total. The monoisotopic (exact) mass is 538 g/mol. The molecule has 10 heteroatoms. The number of halogens is 3. The van der Waals surface area contributed by atoms with Gasteiger partial charge in [-0.25, -0.2) is 18.4 Å². The van der Waals surface area contributed by atoms with E-state index in [1.165, 1.54) is 16.4 Å². The van der Waals surface area contributed by atoms with Crippen LogP contribution in [0, 0.1) is 6.92 Å². The lowest BCUT2D eigenvalue weighted by atomic mass is 10.0. The van der Waals surface area contributed by atoms with E-state index in [9.17, 15) is 8.42 Å². The van der Waals surface area contributed by atoms with Crippen molar-refractivity contribution in [3.63, 3.8) is 0 Å². The Morgan fingerprint density at radius 3 is 2.21 bits per heavy atom. The van der Waals surface area contributed by atoms with Crippen LogP contribution in [0.3, 0.4) is 0 Å². The number of aryl methyl sites for hydroxylation is 2. The number of aromatic nitrogens is 2. The van der Waals surface area contributed by atoms with Gasteiger partial charge in [-0.3, -0.25) is 0 Å². The summed E-state index contributed by atoms with van der Waals surface area (Å²) in [7, 11) is -3.76. The molecule has 1 aliphatic rings. The van der Waals surface area contributed by atoms with Crippen molar-refractivity contribution in [1.29, 1.82) is 0 Å². The summed E-state index contributed by atoms with van der Waals surface area (Å²) in [5, 5.41) is 1.19. The molecule has 180 valence electrons. The first kappa shape index (κ1) is 25.2. The third kappa shape index (κ3) is 5.34. The largest absolute Gasteiger partial charge is 0.354 e. The SMILES string of the molecule is CCc1nc(C)nc(N2CCN(S(=O)(=O)c3cc(Cl)ccc3Cl)CC2)c1Cc1ccc(Cl)cc1. The van der Waals surface area contributed by atoms with Crippen LogP contribution in [0.2, 0.25) is 15.1 Å². The van der Waals surface area contributed by atoms with Crippen LogP contribution in [0.4, 0.5) is 5.82 Å². The van der Waals surface area contributed by atoms with Crippen LogP contribution in [0.5, 0.6) is 0 Å².